The summed E-state index contributed by atoms with van der Waals surface area (Å²) < 4.78 is 0. The zero-order valence-corrected chi connectivity index (χ0v) is 10.4. The average Bonchev–Trinajstić information content (AvgIpc) is 2.79. The highest BCUT2D eigenvalue weighted by Gasteiger charge is 2.14. The first-order valence-corrected chi connectivity index (χ1v) is 6.27. The lowest BCUT2D eigenvalue weighted by molar-refractivity contribution is 0.580. The Kier molecular flexibility index (Phi) is 3.70. The fourth-order valence-electron chi connectivity index (χ4n) is 2.37. The van der Waals surface area contributed by atoms with Crippen LogP contribution in [0.25, 0.3) is 0 Å². The minimum absolute atomic E-state index is 0.892. The number of benzene rings is 1. The smallest absolute Gasteiger partial charge is 0.0381 e. The molecule has 0 atom stereocenters. The van der Waals surface area contributed by atoms with E-state index >= 15 is 0 Å². The van der Waals surface area contributed by atoms with Crippen molar-refractivity contribution in [1.29, 1.82) is 0 Å². The Bertz CT molecular complexity index is 327. The molecule has 0 bridgehead atoms. The lowest BCUT2D eigenvalue weighted by Gasteiger charge is -2.16. The van der Waals surface area contributed by atoms with Crippen LogP contribution in [-0.4, -0.2) is 20.6 Å². The van der Waals surface area contributed by atoms with E-state index in [2.05, 4.69) is 48.6 Å². The molecule has 1 aliphatic rings. The number of hydrogen-bond acceptors (Lipinski definition) is 2. The van der Waals surface area contributed by atoms with Crippen molar-refractivity contribution in [2.24, 2.45) is 5.92 Å². The third-order valence-corrected chi connectivity index (χ3v) is 3.43. The Morgan fingerprint density at radius 2 is 2.00 bits per heavy atom. The van der Waals surface area contributed by atoms with Crippen LogP contribution in [0.2, 0.25) is 0 Å². The van der Waals surface area contributed by atoms with Crippen molar-refractivity contribution in [3.63, 3.8) is 0 Å². The van der Waals surface area contributed by atoms with Gasteiger partial charge in [0.15, 0.2) is 0 Å². The molecule has 16 heavy (non-hydrogen) atoms. The van der Waals surface area contributed by atoms with Crippen molar-refractivity contribution in [3.8, 4) is 0 Å². The highest BCUT2D eigenvalue weighted by molar-refractivity contribution is 5.57. The second kappa shape index (κ2) is 5.24. The molecular formula is C14H22N2. The standard InChI is InChI=1S/C14H22N2/c1-16(2)14-9-5-8-13(10-14)15-11-12-6-3-4-7-12/h5,8-10,12,15H,3-4,6-7,11H2,1-2H3. The molecule has 88 valence electrons. The molecule has 2 heteroatoms. The average molecular weight is 218 g/mol. The maximum absolute atomic E-state index is 3.56. The summed E-state index contributed by atoms with van der Waals surface area (Å²) in [5.41, 5.74) is 2.51. The summed E-state index contributed by atoms with van der Waals surface area (Å²) in [5, 5.41) is 3.56. The summed E-state index contributed by atoms with van der Waals surface area (Å²) >= 11 is 0. The van der Waals surface area contributed by atoms with Crippen molar-refractivity contribution in [2.45, 2.75) is 25.7 Å². The van der Waals surface area contributed by atoms with E-state index in [9.17, 15) is 0 Å². The summed E-state index contributed by atoms with van der Waals surface area (Å²) in [7, 11) is 4.16. The number of anilines is 2. The van der Waals surface area contributed by atoms with Crippen LogP contribution >= 0.6 is 0 Å². The molecule has 0 aliphatic heterocycles. The van der Waals surface area contributed by atoms with Gasteiger partial charge in [-0.1, -0.05) is 18.9 Å². The fraction of sp³-hybridized carbons (Fsp3) is 0.571. The van der Waals surface area contributed by atoms with Crippen molar-refractivity contribution >= 4 is 11.4 Å². The third-order valence-electron chi connectivity index (χ3n) is 3.43. The van der Waals surface area contributed by atoms with E-state index < -0.39 is 0 Å². The second-order valence-electron chi connectivity index (χ2n) is 4.98. The van der Waals surface area contributed by atoms with Crippen LogP contribution in [-0.2, 0) is 0 Å². The lowest BCUT2D eigenvalue weighted by atomic mass is 10.1. The summed E-state index contributed by atoms with van der Waals surface area (Å²) in [4.78, 5) is 2.14. The number of rotatable bonds is 4. The first-order chi connectivity index (χ1) is 7.75. The molecule has 0 saturated heterocycles. The minimum Gasteiger partial charge on any atom is -0.385 e. The normalized spacial score (nSPS) is 16.4. The van der Waals surface area contributed by atoms with E-state index in [0.717, 1.165) is 12.5 Å². The summed E-state index contributed by atoms with van der Waals surface area (Å²) in [6.07, 6.45) is 5.65. The largest absolute Gasteiger partial charge is 0.385 e. The number of nitrogens with one attached hydrogen (secondary N) is 1. The van der Waals surface area contributed by atoms with Gasteiger partial charge in [0.2, 0.25) is 0 Å². The van der Waals surface area contributed by atoms with Gasteiger partial charge in [0, 0.05) is 32.0 Å². The predicted molar refractivity (Wildman–Crippen MR) is 71.2 cm³/mol. The Hall–Kier alpha value is -1.18. The van der Waals surface area contributed by atoms with E-state index in [1.54, 1.807) is 0 Å². The molecule has 1 aromatic rings. The molecule has 0 radical (unpaired) electrons. The first kappa shape index (κ1) is 11.3. The molecule has 2 nitrogen and oxygen atoms in total. The van der Waals surface area contributed by atoms with Crippen molar-refractivity contribution in [2.75, 3.05) is 30.9 Å². The SMILES string of the molecule is CN(C)c1cccc(NCC2CCCC2)c1. The molecule has 0 heterocycles. The fourth-order valence-corrected chi connectivity index (χ4v) is 2.37. The van der Waals surface area contributed by atoms with Crippen LogP contribution in [0.4, 0.5) is 11.4 Å². The van der Waals surface area contributed by atoms with Gasteiger partial charge in [0.1, 0.15) is 0 Å². The van der Waals surface area contributed by atoms with Crippen LogP contribution in [0.1, 0.15) is 25.7 Å². The molecule has 1 saturated carbocycles. The zero-order chi connectivity index (χ0) is 11.4. The number of nitrogens with zero attached hydrogens (tertiary/aromatic N) is 1. The Labute approximate surface area is 98.7 Å². The summed E-state index contributed by atoms with van der Waals surface area (Å²) in [5.74, 6) is 0.892. The Morgan fingerprint density at radius 1 is 1.25 bits per heavy atom. The third kappa shape index (κ3) is 2.91. The Morgan fingerprint density at radius 3 is 2.69 bits per heavy atom. The van der Waals surface area contributed by atoms with Gasteiger partial charge in [0.25, 0.3) is 0 Å². The van der Waals surface area contributed by atoms with Gasteiger partial charge in [-0.25, -0.2) is 0 Å². The second-order valence-corrected chi connectivity index (χ2v) is 4.98. The van der Waals surface area contributed by atoms with E-state index in [1.165, 1.54) is 37.1 Å². The summed E-state index contributed by atoms with van der Waals surface area (Å²) in [6, 6.07) is 8.63. The van der Waals surface area contributed by atoms with E-state index in [-0.39, 0.29) is 0 Å². The zero-order valence-electron chi connectivity index (χ0n) is 10.4. The van der Waals surface area contributed by atoms with Gasteiger partial charge >= 0.3 is 0 Å². The van der Waals surface area contributed by atoms with Crippen molar-refractivity contribution in [3.05, 3.63) is 24.3 Å². The first-order valence-electron chi connectivity index (χ1n) is 6.27. The molecule has 0 amide bonds. The van der Waals surface area contributed by atoms with Gasteiger partial charge in [-0.05, 0) is 37.0 Å². The monoisotopic (exact) mass is 218 g/mol. The van der Waals surface area contributed by atoms with Gasteiger partial charge in [-0.15, -0.1) is 0 Å². The van der Waals surface area contributed by atoms with Crippen LogP contribution in [0.3, 0.4) is 0 Å². The molecule has 0 spiro atoms. The van der Waals surface area contributed by atoms with Crippen LogP contribution in [0.15, 0.2) is 24.3 Å². The molecule has 1 N–H and O–H groups in total. The summed E-state index contributed by atoms with van der Waals surface area (Å²) in [6.45, 7) is 1.14. The van der Waals surface area contributed by atoms with Gasteiger partial charge < -0.3 is 10.2 Å². The van der Waals surface area contributed by atoms with Gasteiger partial charge in [0.05, 0.1) is 0 Å². The van der Waals surface area contributed by atoms with Crippen LogP contribution < -0.4 is 10.2 Å². The molecule has 0 unspecified atom stereocenters. The van der Waals surface area contributed by atoms with Gasteiger partial charge in [-0.3, -0.25) is 0 Å². The van der Waals surface area contributed by atoms with E-state index in [0.29, 0.717) is 0 Å². The molecule has 2 rings (SSSR count). The maximum atomic E-state index is 3.56. The maximum Gasteiger partial charge on any atom is 0.0381 e. The molecule has 1 aliphatic carbocycles. The number of hydrogen-bond donors (Lipinski definition) is 1. The Balaban J connectivity index is 1.90. The quantitative estimate of drug-likeness (QED) is 0.833. The minimum atomic E-state index is 0.892. The highest BCUT2D eigenvalue weighted by Crippen LogP contribution is 2.25. The van der Waals surface area contributed by atoms with E-state index in [1.807, 2.05) is 0 Å². The van der Waals surface area contributed by atoms with Crippen LogP contribution in [0, 0.1) is 5.92 Å². The van der Waals surface area contributed by atoms with E-state index in [4.69, 9.17) is 0 Å². The van der Waals surface area contributed by atoms with Crippen molar-refractivity contribution < 1.29 is 0 Å². The molecule has 0 aromatic heterocycles. The van der Waals surface area contributed by atoms with Crippen molar-refractivity contribution in [1.82, 2.24) is 0 Å². The van der Waals surface area contributed by atoms with Crippen LogP contribution in [0.5, 0.6) is 0 Å². The predicted octanol–water partition coefficient (Wildman–Crippen LogP) is 3.35. The lowest BCUT2D eigenvalue weighted by Crippen LogP contribution is -2.12. The highest BCUT2D eigenvalue weighted by atomic mass is 15.1. The van der Waals surface area contributed by atoms with Gasteiger partial charge in [-0.2, -0.15) is 0 Å². The molecule has 1 aromatic carbocycles. The molecule has 1 fully saturated rings. The topological polar surface area (TPSA) is 15.3 Å². The molecular weight excluding hydrogens is 196 g/mol.